The molecule has 6 heteroatoms. The number of aromatic nitrogens is 2. The maximum Gasteiger partial charge on any atom is 0.267 e. The van der Waals surface area contributed by atoms with Crippen molar-refractivity contribution in [3.05, 3.63) is 32.2 Å². The Morgan fingerprint density at radius 3 is 3.00 bits per heavy atom. The van der Waals surface area contributed by atoms with Crippen LogP contribution in [0.5, 0.6) is 0 Å². The molecule has 0 aromatic carbocycles. The van der Waals surface area contributed by atoms with Crippen LogP contribution in [0.3, 0.4) is 0 Å². The third-order valence-corrected chi connectivity index (χ3v) is 3.75. The van der Waals surface area contributed by atoms with Crippen molar-refractivity contribution in [3.63, 3.8) is 0 Å². The summed E-state index contributed by atoms with van der Waals surface area (Å²) in [5, 5.41) is 11.0. The van der Waals surface area contributed by atoms with E-state index in [1.54, 1.807) is 12.3 Å². The number of halogens is 1. The van der Waals surface area contributed by atoms with Gasteiger partial charge in [0.1, 0.15) is 10.7 Å². The zero-order valence-electron chi connectivity index (χ0n) is 6.95. The summed E-state index contributed by atoms with van der Waals surface area (Å²) in [5.41, 5.74) is 0. The summed E-state index contributed by atoms with van der Waals surface area (Å²) in [5.74, 6) is 0.507. The number of anilines is 1. The Morgan fingerprint density at radius 1 is 1.57 bits per heavy atom. The molecule has 0 aliphatic heterocycles. The van der Waals surface area contributed by atoms with Crippen molar-refractivity contribution in [2.75, 3.05) is 5.32 Å². The quantitative estimate of drug-likeness (QED) is 0.835. The zero-order valence-corrected chi connectivity index (χ0v) is 9.93. The molecule has 0 radical (unpaired) electrons. The molecule has 0 bridgehead atoms. The van der Waals surface area contributed by atoms with Crippen LogP contribution in [-0.2, 0) is 0 Å². The predicted octanol–water partition coefficient (Wildman–Crippen LogP) is 2.33. The van der Waals surface area contributed by atoms with Gasteiger partial charge in [-0.3, -0.25) is 9.89 Å². The first-order valence-corrected chi connectivity index (χ1v) is 5.77. The molecular formula is C8H6IN3OS. The van der Waals surface area contributed by atoms with Crippen LogP contribution in [0.15, 0.2) is 23.7 Å². The lowest BCUT2D eigenvalue weighted by Gasteiger charge is -1.99. The summed E-state index contributed by atoms with van der Waals surface area (Å²) in [6.45, 7) is 0. The third-order valence-electron chi connectivity index (χ3n) is 1.57. The molecule has 4 nitrogen and oxygen atoms in total. The van der Waals surface area contributed by atoms with Gasteiger partial charge in [-0.25, -0.2) is 0 Å². The molecule has 0 aliphatic carbocycles. The van der Waals surface area contributed by atoms with Gasteiger partial charge in [-0.2, -0.15) is 5.10 Å². The first kappa shape index (κ1) is 9.66. The topological polar surface area (TPSA) is 57.8 Å². The van der Waals surface area contributed by atoms with E-state index in [0.29, 0.717) is 5.82 Å². The Hall–Kier alpha value is -0.890. The van der Waals surface area contributed by atoms with Crippen molar-refractivity contribution in [2.24, 2.45) is 0 Å². The van der Waals surface area contributed by atoms with Gasteiger partial charge >= 0.3 is 0 Å². The second-order valence-corrected chi connectivity index (χ2v) is 4.60. The van der Waals surface area contributed by atoms with E-state index in [2.05, 4.69) is 38.1 Å². The van der Waals surface area contributed by atoms with Gasteiger partial charge < -0.3 is 5.32 Å². The monoisotopic (exact) mass is 319 g/mol. The van der Waals surface area contributed by atoms with Gasteiger partial charge in [-0.15, -0.1) is 11.3 Å². The van der Waals surface area contributed by atoms with Gasteiger partial charge in [0.2, 0.25) is 0 Å². The number of rotatable bonds is 2. The minimum Gasteiger partial charge on any atom is -0.306 e. The van der Waals surface area contributed by atoms with Crippen LogP contribution in [0.2, 0.25) is 0 Å². The van der Waals surface area contributed by atoms with Crippen molar-refractivity contribution in [3.8, 4) is 0 Å². The van der Waals surface area contributed by atoms with Crippen LogP contribution in [0.4, 0.5) is 5.82 Å². The lowest BCUT2D eigenvalue weighted by atomic mass is 10.4. The molecule has 0 spiro atoms. The number of nitrogens with zero attached hydrogens (tertiary/aromatic N) is 1. The Balaban J connectivity index is 2.14. The highest BCUT2D eigenvalue weighted by Crippen LogP contribution is 2.19. The van der Waals surface area contributed by atoms with E-state index in [1.807, 2.05) is 11.4 Å². The van der Waals surface area contributed by atoms with Crippen LogP contribution in [0, 0.1) is 3.57 Å². The van der Waals surface area contributed by atoms with E-state index in [-0.39, 0.29) is 5.91 Å². The van der Waals surface area contributed by atoms with Gasteiger partial charge in [0, 0.05) is 9.64 Å². The average Bonchev–Trinajstić information content (AvgIpc) is 2.75. The average molecular weight is 319 g/mol. The lowest BCUT2D eigenvalue weighted by Crippen LogP contribution is -2.11. The number of aromatic amines is 1. The van der Waals surface area contributed by atoms with Gasteiger partial charge in [0.15, 0.2) is 0 Å². The number of nitrogens with one attached hydrogen (secondary N) is 2. The summed E-state index contributed by atoms with van der Waals surface area (Å²) in [4.78, 5) is 12.4. The van der Waals surface area contributed by atoms with Gasteiger partial charge in [0.25, 0.3) is 5.91 Å². The van der Waals surface area contributed by atoms with E-state index in [4.69, 9.17) is 0 Å². The molecule has 0 aliphatic rings. The van der Waals surface area contributed by atoms with Crippen LogP contribution >= 0.6 is 33.9 Å². The van der Waals surface area contributed by atoms with E-state index in [9.17, 15) is 4.79 Å². The molecule has 2 heterocycles. The molecule has 2 aromatic rings. The highest BCUT2D eigenvalue weighted by Gasteiger charge is 2.11. The summed E-state index contributed by atoms with van der Waals surface area (Å²) >= 11 is 3.56. The van der Waals surface area contributed by atoms with Crippen molar-refractivity contribution in [1.82, 2.24) is 10.2 Å². The molecule has 0 saturated heterocycles. The van der Waals surface area contributed by atoms with Gasteiger partial charge in [0.05, 0.1) is 6.20 Å². The molecule has 0 fully saturated rings. The van der Waals surface area contributed by atoms with Crippen LogP contribution in [0.25, 0.3) is 0 Å². The highest BCUT2D eigenvalue weighted by atomic mass is 127. The molecule has 72 valence electrons. The van der Waals surface area contributed by atoms with Crippen molar-refractivity contribution in [1.29, 1.82) is 0 Å². The maximum atomic E-state index is 11.6. The predicted molar refractivity (Wildman–Crippen MR) is 63.6 cm³/mol. The second-order valence-electron chi connectivity index (χ2n) is 2.52. The van der Waals surface area contributed by atoms with Gasteiger partial charge in [-0.1, -0.05) is 0 Å². The third kappa shape index (κ3) is 1.95. The Bertz CT molecular complexity index is 437. The second kappa shape index (κ2) is 4.09. The highest BCUT2D eigenvalue weighted by molar-refractivity contribution is 14.1. The fraction of sp³-hybridized carbons (Fsp3) is 0. The SMILES string of the molecule is O=C(Nc1ccn[nH]1)c1sccc1I. The fourth-order valence-corrected chi connectivity index (χ4v) is 2.69. The summed E-state index contributed by atoms with van der Waals surface area (Å²) in [7, 11) is 0. The van der Waals surface area contributed by atoms with Crippen molar-refractivity contribution >= 4 is 45.7 Å². The largest absolute Gasteiger partial charge is 0.306 e. The number of amides is 1. The fourth-order valence-electron chi connectivity index (χ4n) is 0.960. The molecule has 2 rings (SSSR count). The first-order chi connectivity index (χ1) is 6.77. The lowest BCUT2D eigenvalue weighted by molar-refractivity contribution is 0.102. The Kier molecular flexibility index (Phi) is 2.82. The van der Waals surface area contributed by atoms with Crippen LogP contribution in [-0.4, -0.2) is 16.1 Å². The Morgan fingerprint density at radius 2 is 2.43 bits per heavy atom. The van der Waals surface area contributed by atoms with E-state index in [0.717, 1.165) is 8.45 Å². The summed E-state index contributed by atoms with van der Waals surface area (Å²) < 4.78 is 0.963. The minimum absolute atomic E-state index is 0.103. The molecule has 2 N–H and O–H groups in total. The minimum atomic E-state index is -0.103. The summed E-state index contributed by atoms with van der Waals surface area (Å²) in [6, 6.07) is 3.62. The first-order valence-electron chi connectivity index (χ1n) is 3.81. The molecule has 2 aromatic heterocycles. The number of H-pyrrole nitrogens is 1. The van der Waals surface area contributed by atoms with E-state index >= 15 is 0 Å². The Labute approximate surface area is 97.9 Å². The van der Waals surface area contributed by atoms with E-state index in [1.165, 1.54) is 11.3 Å². The molecule has 14 heavy (non-hydrogen) atoms. The van der Waals surface area contributed by atoms with E-state index < -0.39 is 0 Å². The van der Waals surface area contributed by atoms with Crippen molar-refractivity contribution < 1.29 is 4.79 Å². The normalized spacial score (nSPS) is 10.1. The molecular weight excluding hydrogens is 313 g/mol. The summed E-state index contributed by atoms with van der Waals surface area (Å²) in [6.07, 6.45) is 1.59. The van der Waals surface area contributed by atoms with Crippen LogP contribution in [0.1, 0.15) is 9.67 Å². The maximum absolute atomic E-state index is 11.6. The molecule has 1 amide bonds. The number of thiophene rings is 1. The van der Waals surface area contributed by atoms with Gasteiger partial charge in [-0.05, 0) is 34.0 Å². The standard InChI is InChI=1S/C8H6IN3OS/c9-5-2-4-14-7(5)8(13)11-6-1-3-10-12-6/h1-4H,(H2,10,11,12,13). The smallest absolute Gasteiger partial charge is 0.267 e. The molecule has 0 atom stereocenters. The number of hydrogen-bond donors (Lipinski definition) is 2. The molecule has 0 saturated carbocycles. The van der Waals surface area contributed by atoms with Crippen LogP contribution < -0.4 is 5.32 Å². The van der Waals surface area contributed by atoms with Crippen molar-refractivity contribution in [2.45, 2.75) is 0 Å². The zero-order chi connectivity index (χ0) is 9.97. The number of carbonyl (C=O) groups excluding carboxylic acids is 1. The number of hydrogen-bond acceptors (Lipinski definition) is 3. The molecule has 0 unspecified atom stereocenters. The number of carbonyl (C=O) groups is 1.